The SMILES string of the molecule is Cc1c(CS(=O)(=O)Cl)c(C)c(N2CCN(C(=O)OC(C)(C)C)CC2)c(C)c1N=[N+]=[N-]. The summed E-state index contributed by atoms with van der Waals surface area (Å²) in [6, 6.07) is 0. The summed E-state index contributed by atoms with van der Waals surface area (Å²) in [7, 11) is 1.72. The first-order valence-electron chi connectivity index (χ1n) is 9.58. The molecule has 0 bridgehead atoms. The lowest BCUT2D eigenvalue weighted by Crippen LogP contribution is -2.50. The van der Waals surface area contributed by atoms with Crippen molar-refractivity contribution in [2.45, 2.75) is 52.9 Å². The second-order valence-corrected chi connectivity index (χ2v) is 11.2. The minimum Gasteiger partial charge on any atom is -0.444 e. The number of benzene rings is 1. The van der Waals surface area contributed by atoms with Crippen LogP contribution in [0.15, 0.2) is 5.11 Å². The first-order valence-corrected chi connectivity index (χ1v) is 12.1. The molecule has 11 heteroatoms. The van der Waals surface area contributed by atoms with Crippen LogP contribution in [0.3, 0.4) is 0 Å². The van der Waals surface area contributed by atoms with Crippen LogP contribution in [0.25, 0.3) is 10.4 Å². The van der Waals surface area contributed by atoms with Crippen molar-refractivity contribution in [3.05, 3.63) is 32.7 Å². The van der Waals surface area contributed by atoms with Gasteiger partial charge in [0.05, 0.1) is 5.75 Å². The molecule has 1 aliphatic rings. The Morgan fingerprint density at radius 1 is 1.13 bits per heavy atom. The van der Waals surface area contributed by atoms with Crippen molar-refractivity contribution in [2.75, 3.05) is 31.1 Å². The molecular formula is C19H28ClN5O4S. The number of nitrogens with zero attached hydrogens (tertiary/aromatic N) is 5. The van der Waals surface area contributed by atoms with Gasteiger partial charge in [-0.25, -0.2) is 13.2 Å². The molecule has 0 aliphatic carbocycles. The number of ether oxygens (including phenoxy) is 1. The van der Waals surface area contributed by atoms with Crippen LogP contribution < -0.4 is 4.90 Å². The van der Waals surface area contributed by atoms with E-state index < -0.39 is 14.7 Å². The van der Waals surface area contributed by atoms with Crippen LogP contribution in [0.2, 0.25) is 0 Å². The number of hydrogen-bond acceptors (Lipinski definition) is 6. The molecule has 0 N–H and O–H groups in total. The second kappa shape index (κ2) is 8.91. The van der Waals surface area contributed by atoms with Gasteiger partial charge in [0.15, 0.2) is 0 Å². The summed E-state index contributed by atoms with van der Waals surface area (Å²) in [5, 5.41) is 3.81. The van der Waals surface area contributed by atoms with Gasteiger partial charge in [-0.2, -0.15) is 0 Å². The number of piperazine rings is 1. The lowest BCUT2D eigenvalue weighted by Gasteiger charge is -2.38. The summed E-state index contributed by atoms with van der Waals surface area (Å²) in [6.45, 7) is 12.9. The molecule has 0 spiro atoms. The van der Waals surface area contributed by atoms with Gasteiger partial charge in [-0.3, -0.25) is 0 Å². The van der Waals surface area contributed by atoms with Gasteiger partial charge in [0.1, 0.15) is 5.60 Å². The lowest BCUT2D eigenvalue weighted by atomic mass is 9.95. The fourth-order valence-corrected chi connectivity index (χ4v) is 4.84. The molecule has 30 heavy (non-hydrogen) atoms. The molecule has 0 saturated carbocycles. The van der Waals surface area contributed by atoms with Gasteiger partial charge < -0.3 is 14.5 Å². The number of hydrogen-bond donors (Lipinski definition) is 0. The highest BCUT2D eigenvalue weighted by atomic mass is 35.7. The Kier molecular flexibility index (Phi) is 7.16. The number of anilines is 1. The highest BCUT2D eigenvalue weighted by molar-refractivity contribution is 8.13. The van der Waals surface area contributed by atoms with Crippen molar-refractivity contribution in [2.24, 2.45) is 5.11 Å². The van der Waals surface area contributed by atoms with Crippen molar-refractivity contribution in [1.29, 1.82) is 0 Å². The minimum absolute atomic E-state index is 0.356. The summed E-state index contributed by atoms with van der Waals surface area (Å²) in [5.74, 6) is -0.356. The van der Waals surface area contributed by atoms with Gasteiger partial charge in [-0.15, -0.1) is 0 Å². The Labute approximate surface area is 182 Å². The van der Waals surface area contributed by atoms with Crippen molar-refractivity contribution in [3.63, 3.8) is 0 Å². The van der Waals surface area contributed by atoms with E-state index in [0.29, 0.717) is 43.0 Å². The van der Waals surface area contributed by atoms with Crippen LogP contribution in [0.5, 0.6) is 0 Å². The van der Waals surface area contributed by atoms with Gasteiger partial charge in [-0.05, 0) is 69.3 Å². The molecule has 1 aromatic rings. The maximum atomic E-state index is 12.3. The molecule has 1 heterocycles. The number of rotatable bonds is 4. The van der Waals surface area contributed by atoms with E-state index >= 15 is 0 Å². The molecule has 0 radical (unpaired) electrons. The Balaban J connectivity index is 2.40. The van der Waals surface area contributed by atoms with Crippen LogP contribution in [-0.4, -0.2) is 51.2 Å². The largest absolute Gasteiger partial charge is 0.444 e. The Hall–Kier alpha value is -2.16. The molecule has 1 aromatic carbocycles. The fraction of sp³-hybridized carbons (Fsp3) is 0.632. The number of carbonyl (C=O) groups is 1. The summed E-state index contributed by atoms with van der Waals surface area (Å²) >= 11 is 0. The van der Waals surface area contributed by atoms with Crippen molar-refractivity contribution >= 4 is 37.2 Å². The summed E-state index contributed by atoms with van der Waals surface area (Å²) in [5.41, 5.74) is 12.3. The van der Waals surface area contributed by atoms with E-state index in [1.807, 2.05) is 34.6 Å². The number of halogens is 1. The first-order chi connectivity index (χ1) is 13.7. The number of carbonyl (C=O) groups excluding carboxylic acids is 1. The van der Waals surface area contributed by atoms with Gasteiger partial charge >= 0.3 is 6.09 Å². The molecular weight excluding hydrogens is 430 g/mol. The smallest absolute Gasteiger partial charge is 0.410 e. The monoisotopic (exact) mass is 457 g/mol. The first kappa shape index (κ1) is 24.1. The third-order valence-corrected chi connectivity index (χ3v) is 6.00. The van der Waals surface area contributed by atoms with Gasteiger partial charge in [0, 0.05) is 53.1 Å². The van der Waals surface area contributed by atoms with Crippen LogP contribution in [0, 0.1) is 20.8 Å². The van der Waals surface area contributed by atoms with E-state index in [4.69, 9.17) is 21.0 Å². The Morgan fingerprint density at radius 3 is 2.17 bits per heavy atom. The van der Waals surface area contributed by atoms with E-state index in [2.05, 4.69) is 14.9 Å². The molecule has 9 nitrogen and oxygen atoms in total. The quantitative estimate of drug-likeness (QED) is 0.281. The van der Waals surface area contributed by atoms with Gasteiger partial charge in [0.25, 0.3) is 0 Å². The Morgan fingerprint density at radius 2 is 1.70 bits per heavy atom. The summed E-state index contributed by atoms with van der Waals surface area (Å²) in [6.07, 6.45) is -0.358. The molecule has 0 aromatic heterocycles. The predicted molar refractivity (Wildman–Crippen MR) is 118 cm³/mol. The van der Waals surface area contributed by atoms with Crippen molar-refractivity contribution in [3.8, 4) is 0 Å². The molecule has 1 aliphatic heterocycles. The normalized spacial score (nSPS) is 15.0. The minimum atomic E-state index is -3.80. The number of azide groups is 1. The van der Waals surface area contributed by atoms with E-state index in [-0.39, 0.29) is 11.8 Å². The van der Waals surface area contributed by atoms with E-state index in [9.17, 15) is 13.2 Å². The fourth-order valence-electron chi connectivity index (χ4n) is 3.74. The average Bonchev–Trinajstić information content (AvgIpc) is 2.61. The highest BCUT2D eigenvalue weighted by Crippen LogP contribution is 2.40. The maximum absolute atomic E-state index is 12.3. The van der Waals surface area contributed by atoms with E-state index in [1.165, 1.54) is 0 Å². The van der Waals surface area contributed by atoms with Crippen LogP contribution in [-0.2, 0) is 19.5 Å². The van der Waals surface area contributed by atoms with Crippen LogP contribution in [0.4, 0.5) is 16.2 Å². The average molecular weight is 458 g/mol. The van der Waals surface area contributed by atoms with Crippen LogP contribution in [0.1, 0.15) is 43.0 Å². The molecule has 2 rings (SSSR count). The third-order valence-electron chi connectivity index (χ3n) is 5.04. The van der Waals surface area contributed by atoms with Crippen molar-refractivity contribution < 1.29 is 17.9 Å². The zero-order valence-electron chi connectivity index (χ0n) is 18.2. The molecule has 166 valence electrons. The number of amides is 1. The van der Waals surface area contributed by atoms with Gasteiger partial charge in [-0.1, -0.05) is 5.11 Å². The molecule has 0 unspecified atom stereocenters. The van der Waals surface area contributed by atoms with Crippen LogP contribution >= 0.6 is 10.7 Å². The van der Waals surface area contributed by atoms with E-state index in [0.717, 1.165) is 16.8 Å². The van der Waals surface area contributed by atoms with E-state index in [1.54, 1.807) is 11.8 Å². The standard InChI is InChI=1S/C19H28ClN5O4S/c1-12-15(11-30(20,27)28)13(2)17(14(3)16(12)22-23-21)24-7-9-25(10-8-24)18(26)29-19(4,5)6/h7-11H2,1-6H3. The maximum Gasteiger partial charge on any atom is 0.410 e. The highest BCUT2D eigenvalue weighted by Gasteiger charge is 2.29. The van der Waals surface area contributed by atoms with Gasteiger partial charge in [0.2, 0.25) is 9.05 Å². The topological polar surface area (TPSA) is 116 Å². The molecule has 0 atom stereocenters. The lowest BCUT2D eigenvalue weighted by molar-refractivity contribution is 0.0240. The molecule has 1 amide bonds. The summed E-state index contributed by atoms with van der Waals surface area (Å²) in [4.78, 5) is 19.0. The zero-order chi connectivity index (χ0) is 22.9. The van der Waals surface area contributed by atoms with Crippen molar-refractivity contribution in [1.82, 2.24) is 4.90 Å². The zero-order valence-corrected chi connectivity index (χ0v) is 19.8. The predicted octanol–water partition coefficient (Wildman–Crippen LogP) is 4.68. The summed E-state index contributed by atoms with van der Waals surface area (Å²) < 4.78 is 29.0. The second-order valence-electron chi connectivity index (χ2n) is 8.38. The Bertz CT molecular complexity index is 989. The third kappa shape index (κ3) is 5.71. The molecule has 1 saturated heterocycles. The molecule has 1 fully saturated rings.